The number of hydrogen-bond acceptors (Lipinski definition) is 4. The maximum absolute atomic E-state index is 5.55. The van der Waals surface area contributed by atoms with Crippen LogP contribution < -0.4 is 4.90 Å². The monoisotopic (exact) mass is 313 g/mol. The van der Waals surface area contributed by atoms with Crippen LogP contribution in [0.5, 0.6) is 0 Å². The van der Waals surface area contributed by atoms with E-state index in [0.717, 1.165) is 36.0 Å². The molecule has 0 aromatic carbocycles. The molecule has 100 valence electrons. The zero-order valence-corrected chi connectivity index (χ0v) is 13.0. The molecule has 0 amide bonds. The van der Waals surface area contributed by atoms with Gasteiger partial charge in [-0.3, -0.25) is 0 Å². The van der Waals surface area contributed by atoms with E-state index >= 15 is 0 Å². The van der Waals surface area contributed by atoms with Crippen molar-refractivity contribution in [3.8, 4) is 0 Å². The van der Waals surface area contributed by atoms with Crippen molar-refractivity contribution in [3.63, 3.8) is 0 Å². The topological polar surface area (TPSA) is 38.2 Å². The lowest BCUT2D eigenvalue weighted by atomic mass is 10.0. The second-order valence-electron chi connectivity index (χ2n) is 5.58. The SMILES string of the molecule is CC(C)c1nc(Br)cc(N2CCOCC2(C)C)n1. The molecule has 0 spiro atoms. The fraction of sp³-hybridized carbons (Fsp3) is 0.692. The normalized spacial score (nSPS) is 19.3. The van der Waals surface area contributed by atoms with Gasteiger partial charge in [-0.2, -0.15) is 0 Å². The lowest BCUT2D eigenvalue weighted by Gasteiger charge is -2.43. The van der Waals surface area contributed by atoms with Gasteiger partial charge in [-0.15, -0.1) is 0 Å². The van der Waals surface area contributed by atoms with Crippen LogP contribution in [0.3, 0.4) is 0 Å². The van der Waals surface area contributed by atoms with E-state index in [2.05, 4.69) is 58.5 Å². The van der Waals surface area contributed by atoms with E-state index in [-0.39, 0.29) is 5.54 Å². The summed E-state index contributed by atoms with van der Waals surface area (Å²) in [7, 11) is 0. The van der Waals surface area contributed by atoms with Gasteiger partial charge < -0.3 is 9.64 Å². The van der Waals surface area contributed by atoms with Gasteiger partial charge >= 0.3 is 0 Å². The molecule has 2 rings (SSSR count). The number of aromatic nitrogens is 2. The Bertz CT molecular complexity index is 434. The summed E-state index contributed by atoms with van der Waals surface area (Å²) in [5.41, 5.74) is -0.0275. The molecule has 4 nitrogen and oxygen atoms in total. The van der Waals surface area contributed by atoms with Gasteiger partial charge in [-0.1, -0.05) is 13.8 Å². The highest BCUT2D eigenvalue weighted by Gasteiger charge is 2.32. The Morgan fingerprint density at radius 1 is 1.39 bits per heavy atom. The van der Waals surface area contributed by atoms with E-state index in [4.69, 9.17) is 4.74 Å². The molecule has 1 fully saturated rings. The molecule has 0 radical (unpaired) electrons. The van der Waals surface area contributed by atoms with Gasteiger partial charge in [0.2, 0.25) is 0 Å². The first kappa shape index (κ1) is 13.7. The number of hydrogen-bond donors (Lipinski definition) is 0. The van der Waals surface area contributed by atoms with Gasteiger partial charge in [-0.25, -0.2) is 9.97 Å². The fourth-order valence-electron chi connectivity index (χ4n) is 2.10. The molecule has 0 unspecified atom stereocenters. The first-order valence-corrected chi connectivity index (χ1v) is 7.09. The van der Waals surface area contributed by atoms with E-state index in [1.54, 1.807) is 0 Å². The van der Waals surface area contributed by atoms with Gasteiger partial charge in [0.1, 0.15) is 16.2 Å². The number of rotatable bonds is 2. The van der Waals surface area contributed by atoms with Gasteiger partial charge in [0.25, 0.3) is 0 Å². The van der Waals surface area contributed by atoms with Crippen LogP contribution >= 0.6 is 15.9 Å². The highest BCUT2D eigenvalue weighted by molar-refractivity contribution is 9.10. The number of nitrogens with zero attached hydrogens (tertiary/aromatic N) is 3. The summed E-state index contributed by atoms with van der Waals surface area (Å²) < 4.78 is 6.39. The van der Waals surface area contributed by atoms with Gasteiger partial charge in [0.15, 0.2) is 0 Å². The molecule has 1 aromatic heterocycles. The highest BCUT2D eigenvalue weighted by Crippen LogP contribution is 2.28. The summed E-state index contributed by atoms with van der Waals surface area (Å²) in [5.74, 6) is 2.18. The molecular formula is C13H20BrN3O. The predicted molar refractivity (Wildman–Crippen MR) is 76.1 cm³/mol. The molecular weight excluding hydrogens is 294 g/mol. The first-order chi connectivity index (χ1) is 8.40. The molecule has 1 aliphatic rings. The Balaban J connectivity index is 2.37. The van der Waals surface area contributed by atoms with E-state index in [0.29, 0.717) is 5.92 Å². The van der Waals surface area contributed by atoms with Crippen LogP contribution in [0.1, 0.15) is 39.4 Å². The minimum absolute atomic E-state index is 0.0275. The third kappa shape index (κ3) is 2.83. The Kier molecular flexibility index (Phi) is 3.92. The summed E-state index contributed by atoms with van der Waals surface area (Å²) in [6.07, 6.45) is 0. The summed E-state index contributed by atoms with van der Waals surface area (Å²) >= 11 is 3.48. The third-order valence-corrected chi connectivity index (χ3v) is 3.54. The van der Waals surface area contributed by atoms with Crippen molar-refractivity contribution >= 4 is 21.7 Å². The van der Waals surface area contributed by atoms with Crippen molar-refractivity contribution in [2.24, 2.45) is 0 Å². The van der Waals surface area contributed by atoms with Crippen LogP contribution in [0.2, 0.25) is 0 Å². The molecule has 5 heteroatoms. The van der Waals surface area contributed by atoms with Crippen molar-refractivity contribution < 1.29 is 4.74 Å². The average Bonchev–Trinajstić information content (AvgIpc) is 2.27. The number of ether oxygens (including phenoxy) is 1. The van der Waals surface area contributed by atoms with Crippen LogP contribution in [-0.4, -0.2) is 35.3 Å². The zero-order valence-electron chi connectivity index (χ0n) is 11.4. The van der Waals surface area contributed by atoms with Gasteiger partial charge in [0, 0.05) is 18.5 Å². The maximum Gasteiger partial charge on any atom is 0.134 e. The lowest BCUT2D eigenvalue weighted by Crippen LogP contribution is -2.53. The molecule has 0 aliphatic carbocycles. The van der Waals surface area contributed by atoms with Crippen molar-refractivity contribution in [3.05, 3.63) is 16.5 Å². The highest BCUT2D eigenvalue weighted by atomic mass is 79.9. The third-order valence-electron chi connectivity index (χ3n) is 3.14. The van der Waals surface area contributed by atoms with Crippen LogP contribution in [0, 0.1) is 0 Å². The molecule has 18 heavy (non-hydrogen) atoms. The standard InChI is InChI=1S/C13H20BrN3O/c1-9(2)12-15-10(14)7-11(16-12)17-5-6-18-8-13(17,3)4/h7,9H,5-6,8H2,1-4H3. The summed E-state index contributed by atoms with van der Waals surface area (Å²) in [6, 6.07) is 1.99. The zero-order chi connectivity index (χ0) is 13.3. The predicted octanol–water partition coefficient (Wildman–Crippen LogP) is 2.98. The molecule has 1 aliphatic heterocycles. The Morgan fingerprint density at radius 2 is 2.11 bits per heavy atom. The smallest absolute Gasteiger partial charge is 0.134 e. The van der Waals surface area contributed by atoms with Crippen LogP contribution in [0.15, 0.2) is 10.7 Å². The lowest BCUT2D eigenvalue weighted by molar-refractivity contribution is 0.0638. The average molecular weight is 314 g/mol. The molecule has 2 heterocycles. The Morgan fingerprint density at radius 3 is 2.72 bits per heavy atom. The quantitative estimate of drug-likeness (QED) is 0.787. The minimum atomic E-state index is -0.0275. The molecule has 0 saturated carbocycles. The molecule has 1 saturated heterocycles. The van der Waals surface area contributed by atoms with Crippen molar-refractivity contribution in [1.82, 2.24) is 9.97 Å². The van der Waals surface area contributed by atoms with E-state index < -0.39 is 0 Å². The first-order valence-electron chi connectivity index (χ1n) is 6.30. The van der Waals surface area contributed by atoms with Crippen LogP contribution in [-0.2, 0) is 4.74 Å². The van der Waals surface area contributed by atoms with Crippen LogP contribution in [0.25, 0.3) is 0 Å². The summed E-state index contributed by atoms with van der Waals surface area (Å²) in [4.78, 5) is 11.4. The summed E-state index contributed by atoms with van der Waals surface area (Å²) in [5, 5.41) is 0. The van der Waals surface area contributed by atoms with Crippen molar-refractivity contribution in [2.45, 2.75) is 39.2 Å². The maximum atomic E-state index is 5.55. The molecule has 0 atom stereocenters. The number of morpholine rings is 1. The molecule has 1 aromatic rings. The summed E-state index contributed by atoms with van der Waals surface area (Å²) in [6.45, 7) is 10.9. The largest absolute Gasteiger partial charge is 0.377 e. The second-order valence-corrected chi connectivity index (χ2v) is 6.39. The van der Waals surface area contributed by atoms with Crippen LogP contribution in [0.4, 0.5) is 5.82 Å². The van der Waals surface area contributed by atoms with Crippen molar-refractivity contribution in [2.75, 3.05) is 24.7 Å². The van der Waals surface area contributed by atoms with Gasteiger partial charge in [0.05, 0.1) is 18.8 Å². The fourth-order valence-corrected chi connectivity index (χ4v) is 2.49. The van der Waals surface area contributed by atoms with Gasteiger partial charge in [-0.05, 0) is 29.8 Å². The second kappa shape index (κ2) is 5.13. The number of anilines is 1. The van der Waals surface area contributed by atoms with E-state index in [1.807, 2.05) is 6.07 Å². The molecule has 0 N–H and O–H groups in total. The van der Waals surface area contributed by atoms with Crippen molar-refractivity contribution in [1.29, 1.82) is 0 Å². The Labute approximate surface area is 117 Å². The molecule has 0 bridgehead atoms. The van der Waals surface area contributed by atoms with E-state index in [9.17, 15) is 0 Å². The van der Waals surface area contributed by atoms with E-state index in [1.165, 1.54) is 0 Å². The Hall–Kier alpha value is -0.680. The minimum Gasteiger partial charge on any atom is -0.377 e. The number of halogens is 1.